The number of hydrogen-bond acceptors (Lipinski definition) is 2. The molecular weight excluding hydrogens is 259 g/mol. The first-order valence-electron chi connectivity index (χ1n) is 5.41. The van der Waals surface area contributed by atoms with Crippen LogP contribution >= 0.6 is 11.3 Å². The molecule has 0 unspecified atom stereocenters. The van der Waals surface area contributed by atoms with Crippen LogP contribution < -0.4 is 5.73 Å². The second kappa shape index (κ2) is 5.12. The zero-order chi connectivity index (χ0) is 13.2. The van der Waals surface area contributed by atoms with Gasteiger partial charge in [-0.3, -0.25) is 0 Å². The molecule has 1 aromatic heterocycles. The van der Waals surface area contributed by atoms with E-state index in [9.17, 15) is 13.2 Å². The molecule has 1 aromatic carbocycles. The van der Waals surface area contributed by atoms with Crippen LogP contribution in [0.15, 0.2) is 35.7 Å². The molecule has 5 heteroatoms. The summed E-state index contributed by atoms with van der Waals surface area (Å²) in [6.07, 6.45) is -3.64. The Balaban J connectivity index is 2.11. The van der Waals surface area contributed by atoms with Crippen LogP contribution in [-0.4, -0.2) is 0 Å². The molecule has 0 radical (unpaired) electrons. The van der Waals surface area contributed by atoms with Crippen molar-refractivity contribution >= 4 is 11.3 Å². The normalized spacial score (nSPS) is 11.8. The van der Waals surface area contributed by atoms with Crippen LogP contribution in [0.3, 0.4) is 0 Å². The molecule has 96 valence electrons. The molecule has 0 amide bonds. The number of halogens is 3. The first-order valence-corrected chi connectivity index (χ1v) is 6.29. The van der Waals surface area contributed by atoms with Crippen molar-refractivity contribution < 1.29 is 13.2 Å². The molecule has 0 aliphatic rings. The second-order valence-electron chi connectivity index (χ2n) is 4.00. The molecule has 0 aliphatic carbocycles. The standard InChI is InChI=1S/C13H12F3NS/c14-13(15,16)11-3-1-9(2-4-11)5-10-6-12(7-17)18-8-10/h1-4,6,8H,5,7,17H2. The molecule has 0 saturated heterocycles. The van der Waals surface area contributed by atoms with E-state index in [4.69, 9.17) is 5.73 Å². The highest BCUT2D eigenvalue weighted by atomic mass is 32.1. The van der Waals surface area contributed by atoms with Gasteiger partial charge in [-0.25, -0.2) is 0 Å². The summed E-state index contributed by atoms with van der Waals surface area (Å²) in [6, 6.07) is 7.25. The largest absolute Gasteiger partial charge is 0.416 e. The SMILES string of the molecule is NCc1cc(Cc2ccc(C(F)(F)F)cc2)cs1. The second-order valence-corrected chi connectivity index (χ2v) is 4.99. The van der Waals surface area contributed by atoms with Crippen LogP contribution in [0.2, 0.25) is 0 Å². The van der Waals surface area contributed by atoms with Crippen molar-refractivity contribution in [2.24, 2.45) is 5.73 Å². The molecule has 0 spiro atoms. The molecule has 2 aromatic rings. The summed E-state index contributed by atoms with van der Waals surface area (Å²) >= 11 is 1.57. The molecule has 1 heterocycles. The van der Waals surface area contributed by atoms with Gasteiger partial charge >= 0.3 is 6.18 Å². The van der Waals surface area contributed by atoms with Crippen molar-refractivity contribution in [3.05, 3.63) is 57.3 Å². The zero-order valence-corrected chi connectivity index (χ0v) is 10.3. The first-order chi connectivity index (χ1) is 8.49. The fraction of sp³-hybridized carbons (Fsp3) is 0.231. The third-order valence-corrected chi connectivity index (χ3v) is 3.61. The van der Waals surface area contributed by atoms with E-state index in [1.165, 1.54) is 12.1 Å². The summed E-state index contributed by atoms with van der Waals surface area (Å²) in [7, 11) is 0. The quantitative estimate of drug-likeness (QED) is 0.902. The van der Waals surface area contributed by atoms with Gasteiger partial charge in [0.2, 0.25) is 0 Å². The molecule has 0 saturated carbocycles. The van der Waals surface area contributed by atoms with E-state index in [1.807, 2.05) is 11.4 Å². The van der Waals surface area contributed by atoms with Crippen LogP contribution in [0.1, 0.15) is 21.6 Å². The van der Waals surface area contributed by atoms with E-state index < -0.39 is 11.7 Å². The lowest BCUT2D eigenvalue weighted by Crippen LogP contribution is -2.04. The molecule has 0 bridgehead atoms. The van der Waals surface area contributed by atoms with Crippen LogP contribution in [0.5, 0.6) is 0 Å². The Kier molecular flexibility index (Phi) is 3.73. The van der Waals surface area contributed by atoms with E-state index >= 15 is 0 Å². The third kappa shape index (κ3) is 3.11. The Hall–Kier alpha value is -1.33. The maximum absolute atomic E-state index is 12.4. The fourth-order valence-electron chi connectivity index (χ4n) is 1.67. The minimum Gasteiger partial charge on any atom is -0.326 e. The van der Waals surface area contributed by atoms with Gasteiger partial charge < -0.3 is 5.73 Å². The monoisotopic (exact) mass is 271 g/mol. The summed E-state index contributed by atoms with van der Waals surface area (Å²) in [5, 5.41) is 1.99. The van der Waals surface area contributed by atoms with Crippen LogP contribution in [0, 0.1) is 0 Å². The van der Waals surface area contributed by atoms with E-state index in [0.717, 1.165) is 28.1 Å². The summed E-state index contributed by atoms with van der Waals surface area (Å²) in [6.45, 7) is 0.498. The Morgan fingerprint density at radius 3 is 2.22 bits per heavy atom. The van der Waals surface area contributed by atoms with Crippen molar-refractivity contribution in [2.45, 2.75) is 19.1 Å². The number of alkyl halides is 3. The van der Waals surface area contributed by atoms with Gasteiger partial charge in [-0.2, -0.15) is 13.2 Å². The maximum Gasteiger partial charge on any atom is 0.416 e. The van der Waals surface area contributed by atoms with Crippen LogP contribution in [0.25, 0.3) is 0 Å². The van der Waals surface area contributed by atoms with Gasteiger partial charge in [-0.05, 0) is 41.1 Å². The molecule has 2 N–H and O–H groups in total. The average molecular weight is 271 g/mol. The van der Waals surface area contributed by atoms with Gasteiger partial charge in [0.25, 0.3) is 0 Å². The van der Waals surface area contributed by atoms with Crippen LogP contribution in [-0.2, 0) is 19.1 Å². The van der Waals surface area contributed by atoms with Crippen molar-refractivity contribution in [2.75, 3.05) is 0 Å². The van der Waals surface area contributed by atoms with Gasteiger partial charge in [0.15, 0.2) is 0 Å². The van der Waals surface area contributed by atoms with Gasteiger partial charge in [-0.1, -0.05) is 12.1 Å². The maximum atomic E-state index is 12.4. The van der Waals surface area contributed by atoms with Gasteiger partial charge in [0.05, 0.1) is 5.56 Å². The molecule has 18 heavy (non-hydrogen) atoms. The number of nitrogens with two attached hydrogens (primary N) is 1. The third-order valence-electron chi connectivity index (χ3n) is 2.60. The topological polar surface area (TPSA) is 26.0 Å². The van der Waals surface area contributed by atoms with Crippen molar-refractivity contribution in [3.8, 4) is 0 Å². The Bertz CT molecular complexity index is 514. The highest BCUT2D eigenvalue weighted by Crippen LogP contribution is 2.29. The predicted octanol–water partition coefficient (Wildman–Crippen LogP) is 3.82. The smallest absolute Gasteiger partial charge is 0.326 e. The van der Waals surface area contributed by atoms with E-state index in [2.05, 4.69) is 0 Å². The molecule has 0 fully saturated rings. The lowest BCUT2D eigenvalue weighted by Gasteiger charge is -2.07. The molecule has 1 nitrogen and oxygen atoms in total. The van der Waals surface area contributed by atoms with E-state index in [1.54, 1.807) is 11.3 Å². The summed E-state index contributed by atoms with van der Waals surface area (Å²) < 4.78 is 37.2. The van der Waals surface area contributed by atoms with Gasteiger partial charge in [0, 0.05) is 11.4 Å². The lowest BCUT2D eigenvalue weighted by molar-refractivity contribution is -0.137. The minimum absolute atomic E-state index is 0.498. The highest BCUT2D eigenvalue weighted by Gasteiger charge is 2.29. The predicted molar refractivity (Wildman–Crippen MR) is 66.5 cm³/mol. The Morgan fingerprint density at radius 2 is 1.72 bits per heavy atom. The van der Waals surface area contributed by atoms with Crippen LogP contribution in [0.4, 0.5) is 13.2 Å². The Labute approximate surface area is 107 Å². The summed E-state index contributed by atoms with van der Waals surface area (Å²) in [5.74, 6) is 0. The number of benzene rings is 1. The minimum atomic E-state index is -4.27. The van der Waals surface area contributed by atoms with E-state index in [-0.39, 0.29) is 0 Å². The molecular formula is C13H12F3NS. The fourth-order valence-corrected chi connectivity index (χ4v) is 2.44. The molecule has 0 atom stereocenters. The summed E-state index contributed by atoms with van der Waals surface area (Å²) in [5.41, 5.74) is 6.85. The van der Waals surface area contributed by atoms with Gasteiger partial charge in [0.1, 0.15) is 0 Å². The van der Waals surface area contributed by atoms with Crippen molar-refractivity contribution in [3.63, 3.8) is 0 Å². The van der Waals surface area contributed by atoms with Gasteiger partial charge in [-0.15, -0.1) is 11.3 Å². The number of rotatable bonds is 3. The van der Waals surface area contributed by atoms with E-state index in [0.29, 0.717) is 13.0 Å². The molecule has 2 rings (SSSR count). The van der Waals surface area contributed by atoms with Crippen molar-refractivity contribution in [1.82, 2.24) is 0 Å². The summed E-state index contributed by atoms with van der Waals surface area (Å²) in [4.78, 5) is 1.08. The average Bonchev–Trinajstić information content (AvgIpc) is 2.76. The zero-order valence-electron chi connectivity index (χ0n) is 9.50. The molecule has 0 aliphatic heterocycles. The first kappa shape index (κ1) is 13.1. The lowest BCUT2D eigenvalue weighted by atomic mass is 10.1. The number of hydrogen-bond donors (Lipinski definition) is 1. The Morgan fingerprint density at radius 1 is 1.06 bits per heavy atom. The number of thiophene rings is 1. The van der Waals surface area contributed by atoms with Crippen molar-refractivity contribution in [1.29, 1.82) is 0 Å². The highest BCUT2D eigenvalue weighted by molar-refractivity contribution is 7.10.